The fraction of sp³-hybridized carbons (Fsp3) is 0.857. The van der Waals surface area contributed by atoms with Gasteiger partial charge < -0.3 is 26.9 Å². The highest BCUT2D eigenvalue weighted by atomic mass is 32.1. The van der Waals surface area contributed by atoms with Crippen LogP contribution in [0.5, 0.6) is 0 Å². The van der Waals surface area contributed by atoms with E-state index in [-0.39, 0.29) is 5.97 Å². The molecule has 0 amide bonds. The smallest absolute Gasteiger partial charge is 0.462 e. The molecule has 0 rings (SSSR count). The van der Waals surface area contributed by atoms with Gasteiger partial charge in [-0.25, -0.2) is 4.79 Å². The van der Waals surface area contributed by atoms with Crippen LogP contribution in [0, 0.1) is 0 Å². The topological polar surface area (TPSA) is 72.5 Å². The molecule has 0 aliphatic rings. The molecule has 7 nitrogen and oxygen atoms in total. The lowest BCUT2D eigenvalue weighted by Gasteiger charge is -2.28. The number of esters is 1. The number of hydrogen-bond donors (Lipinski definition) is 1. The molecule has 0 fully saturated rings. The predicted molar refractivity (Wildman–Crippen MR) is 134 cm³/mol. The van der Waals surface area contributed by atoms with Gasteiger partial charge in [0.1, 0.15) is 0 Å². The molecule has 10 heteroatoms. The number of thiol groups is 1. The lowest BCUT2D eigenvalue weighted by atomic mass is 10.4. The molecular formula is C21H46O7SSi2. The average Bonchev–Trinajstić information content (AvgIpc) is 2.71. The quantitative estimate of drug-likeness (QED) is 0.0937. The maximum absolute atomic E-state index is 11.1. The van der Waals surface area contributed by atoms with Gasteiger partial charge in [0.05, 0.1) is 6.61 Å². The summed E-state index contributed by atoms with van der Waals surface area (Å²) in [7, 11) is -4.43. The molecule has 0 unspecified atom stereocenters. The summed E-state index contributed by atoms with van der Waals surface area (Å²) in [5.41, 5.74) is 0.430. The van der Waals surface area contributed by atoms with Crippen LogP contribution in [0.3, 0.4) is 0 Å². The number of rotatable bonds is 18. The summed E-state index contributed by atoms with van der Waals surface area (Å²) in [5, 5.41) is 0. The Hall–Kier alpha value is -0.206. The van der Waals surface area contributed by atoms with Crippen molar-refractivity contribution < 1.29 is 31.7 Å². The number of ether oxygens (including phenoxy) is 1. The standard InChI is InChI=1S/C12H24O4Si.C9H22O3SSi/c1-6-15-17(5,16-7-2)10-8-9-14-12(13)11(3)4;1-4-10-14(11-5-2,12-6-3)9-7-8-13/h3,6-10H2,1-2,4-5H3;13H,4-9H2,1-3H3. The molecule has 0 aromatic carbocycles. The average molecular weight is 499 g/mol. The molecule has 0 atom stereocenters. The van der Waals surface area contributed by atoms with Crippen molar-refractivity contribution in [1.82, 2.24) is 0 Å². The maximum Gasteiger partial charge on any atom is 0.500 e. The number of carbonyl (C=O) groups is 1. The zero-order chi connectivity index (χ0) is 24.2. The molecule has 0 bridgehead atoms. The van der Waals surface area contributed by atoms with Gasteiger partial charge in [-0.05, 0) is 72.7 Å². The summed E-state index contributed by atoms with van der Waals surface area (Å²) >= 11 is 4.19. The third-order valence-electron chi connectivity index (χ3n) is 3.99. The molecule has 0 aliphatic heterocycles. The zero-order valence-corrected chi connectivity index (χ0v) is 23.7. The monoisotopic (exact) mass is 498 g/mol. The maximum atomic E-state index is 11.1. The first-order valence-electron chi connectivity index (χ1n) is 11.3. The molecule has 0 radical (unpaired) electrons. The molecule has 0 N–H and O–H groups in total. The van der Waals surface area contributed by atoms with Gasteiger partial charge in [0.2, 0.25) is 0 Å². The molecule has 0 aromatic heterocycles. The van der Waals surface area contributed by atoms with E-state index < -0.39 is 17.4 Å². The molecule has 0 aliphatic carbocycles. The van der Waals surface area contributed by atoms with E-state index >= 15 is 0 Å². The Morgan fingerprint density at radius 2 is 1.26 bits per heavy atom. The van der Waals surface area contributed by atoms with Crippen molar-refractivity contribution in [2.75, 3.05) is 45.4 Å². The first kappa shape index (κ1) is 33.0. The van der Waals surface area contributed by atoms with Crippen LogP contribution in [0.2, 0.25) is 18.6 Å². The molecule has 0 aromatic rings. The largest absolute Gasteiger partial charge is 0.500 e. The van der Waals surface area contributed by atoms with Crippen molar-refractivity contribution in [2.45, 2.75) is 73.0 Å². The summed E-state index contributed by atoms with van der Waals surface area (Å²) in [4.78, 5) is 11.1. The van der Waals surface area contributed by atoms with Crippen LogP contribution < -0.4 is 0 Å². The van der Waals surface area contributed by atoms with E-state index in [2.05, 4.69) is 19.2 Å². The van der Waals surface area contributed by atoms with E-state index in [0.717, 1.165) is 30.7 Å². The van der Waals surface area contributed by atoms with Crippen molar-refractivity contribution in [3.63, 3.8) is 0 Å². The zero-order valence-electron chi connectivity index (χ0n) is 20.8. The first-order chi connectivity index (χ1) is 14.7. The van der Waals surface area contributed by atoms with Crippen LogP contribution in [0.1, 0.15) is 54.4 Å². The molecule has 0 saturated carbocycles. The van der Waals surface area contributed by atoms with E-state index in [4.69, 9.17) is 26.9 Å². The van der Waals surface area contributed by atoms with Gasteiger partial charge in [0.15, 0.2) is 0 Å². The first-order valence-corrected chi connectivity index (χ1v) is 16.4. The van der Waals surface area contributed by atoms with Crippen LogP contribution in [-0.2, 0) is 31.7 Å². The van der Waals surface area contributed by atoms with Crippen LogP contribution in [0.15, 0.2) is 12.2 Å². The third kappa shape index (κ3) is 17.0. The van der Waals surface area contributed by atoms with Crippen molar-refractivity contribution in [3.05, 3.63) is 12.2 Å². The molecule has 31 heavy (non-hydrogen) atoms. The summed E-state index contributed by atoms with van der Waals surface area (Å²) in [6.45, 7) is 20.7. The van der Waals surface area contributed by atoms with Gasteiger partial charge in [-0.3, -0.25) is 0 Å². The molecule has 0 heterocycles. The van der Waals surface area contributed by atoms with Crippen molar-refractivity contribution in [2.24, 2.45) is 0 Å². The Morgan fingerprint density at radius 3 is 1.61 bits per heavy atom. The minimum absolute atomic E-state index is 0.332. The minimum Gasteiger partial charge on any atom is -0.462 e. The molecule has 0 spiro atoms. The lowest BCUT2D eigenvalue weighted by Crippen LogP contribution is -2.46. The van der Waals surface area contributed by atoms with Crippen LogP contribution in [0.25, 0.3) is 0 Å². The highest BCUT2D eigenvalue weighted by Crippen LogP contribution is 2.18. The fourth-order valence-electron chi connectivity index (χ4n) is 2.77. The van der Waals surface area contributed by atoms with E-state index in [1.807, 2.05) is 41.2 Å². The van der Waals surface area contributed by atoms with Gasteiger partial charge in [-0.15, -0.1) is 0 Å². The summed E-state index contributed by atoms with van der Waals surface area (Å²) in [6, 6.07) is 1.70. The highest BCUT2D eigenvalue weighted by molar-refractivity contribution is 7.80. The van der Waals surface area contributed by atoms with Gasteiger partial charge in [-0.1, -0.05) is 6.58 Å². The molecule has 186 valence electrons. The van der Waals surface area contributed by atoms with Gasteiger partial charge >= 0.3 is 23.3 Å². The number of hydrogen-bond acceptors (Lipinski definition) is 8. The second-order valence-corrected chi connectivity index (χ2v) is 13.4. The summed E-state index contributed by atoms with van der Waals surface area (Å²) in [5.74, 6) is 0.517. The van der Waals surface area contributed by atoms with E-state index in [0.29, 0.717) is 45.2 Å². The van der Waals surface area contributed by atoms with E-state index in [1.54, 1.807) is 6.92 Å². The van der Waals surface area contributed by atoms with Crippen LogP contribution in [-0.4, -0.2) is 68.7 Å². The van der Waals surface area contributed by atoms with Gasteiger partial charge in [0.25, 0.3) is 0 Å². The second kappa shape index (κ2) is 20.4. The van der Waals surface area contributed by atoms with E-state index in [1.165, 1.54) is 0 Å². The SMILES string of the molecule is C=C(C)C(=O)OCCC[Si](C)(OCC)OCC.CCO[Si](CCCS)(OCC)OCC. The Morgan fingerprint density at radius 1 is 0.806 bits per heavy atom. The Bertz CT molecular complexity index is 444. The van der Waals surface area contributed by atoms with Crippen molar-refractivity contribution in [3.8, 4) is 0 Å². The lowest BCUT2D eigenvalue weighted by molar-refractivity contribution is -0.138. The van der Waals surface area contributed by atoms with Gasteiger partial charge in [-0.2, -0.15) is 12.6 Å². The fourth-order valence-corrected chi connectivity index (χ4v) is 8.22. The van der Waals surface area contributed by atoms with Crippen LogP contribution >= 0.6 is 12.6 Å². The normalized spacial score (nSPS) is 11.6. The Kier molecular flexibility index (Phi) is 21.7. The second-order valence-electron chi connectivity index (χ2n) is 6.83. The molecular weight excluding hydrogens is 452 g/mol. The van der Waals surface area contributed by atoms with Crippen LogP contribution in [0.4, 0.5) is 0 Å². The Balaban J connectivity index is 0. The predicted octanol–water partition coefficient (Wildman–Crippen LogP) is 5.00. The molecule has 0 saturated heterocycles. The minimum atomic E-state index is -2.37. The van der Waals surface area contributed by atoms with Gasteiger partial charge in [0, 0.05) is 44.7 Å². The number of carbonyl (C=O) groups excluding carboxylic acids is 1. The third-order valence-corrected chi connectivity index (χ3v) is 10.5. The van der Waals surface area contributed by atoms with Crippen molar-refractivity contribution in [1.29, 1.82) is 0 Å². The van der Waals surface area contributed by atoms with E-state index in [9.17, 15) is 4.79 Å². The highest BCUT2D eigenvalue weighted by Gasteiger charge is 2.39. The summed E-state index contributed by atoms with van der Waals surface area (Å²) in [6.07, 6.45) is 1.75. The van der Waals surface area contributed by atoms with Crippen molar-refractivity contribution >= 4 is 36.0 Å². The Labute approximate surface area is 198 Å². The summed E-state index contributed by atoms with van der Waals surface area (Å²) < 4.78 is 33.4.